The molecule has 0 radical (unpaired) electrons. The van der Waals surface area contributed by atoms with Crippen molar-refractivity contribution < 1.29 is 14.4 Å². The van der Waals surface area contributed by atoms with E-state index in [1.165, 1.54) is 0 Å². The maximum absolute atomic E-state index is 12.1. The number of carbonyl (C=O) groups is 1. The van der Waals surface area contributed by atoms with Crippen molar-refractivity contribution in [3.8, 4) is 0 Å². The highest BCUT2D eigenvalue weighted by atomic mass is 16.4. The Hall–Kier alpha value is -2.56. The van der Waals surface area contributed by atoms with E-state index >= 15 is 0 Å². The number of carbonyl (C=O) groups excluding carboxylic acids is 1. The molecule has 0 spiro atoms. The molecule has 0 aliphatic rings. The lowest BCUT2D eigenvalue weighted by Crippen LogP contribution is -2.12. The lowest BCUT2D eigenvalue weighted by Gasteiger charge is -2.05. The Labute approximate surface area is 116 Å². The van der Waals surface area contributed by atoms with E-state index < -0.39 is 0 Å². The van der Waals surface area contributed by atoms with Crippen LogP contribution in [0.1, 0.15) is 34.4 Å². The SMILES string of the molecule is C/C(=N\O)c1ccc(NC(=O)c2cc(C)oc2C)cc1. The summed E-state index contributed by atoms with van der Waals surface area (Å²) < 4.78 is 5.33. The molecule has 0 fully saturated rings. The molecule has 20 heavy (non-hydrogen) atoms. The normalized spacial score (nSPS) is 11.4. The first-order valence-electron chi connectivity index (χ1n) is 6.18. The number of hydrogen-bond acceptors (Lipinski definition) is 4. The molecule has 5 nitrogen and oxygen atoms in total. The molecule has 0 atom stereocenters. The number of oxime groups is 1. The summed E-state index contributed by atoms with van der Waals surface area (Å²) in [4.78, 5) is 12.1. The molecule has 1 aromatic carbocycles. The fraction of sp³-hybridized carbons (Fsp3) is 0.200. The number of nitrogens with zero attached hydrogens (tertiary/aromatic N) is 1. The van der Waals surface area contributed by atoms with Gasteiger partial charge in [0.15, 0.2) is 0 Å². The van der Waals surface area contributed by atoms with Crippen molar-refractivity contribution in [1.82, 2.24) is 0 Å². The van der Waals surface area contributed by atoms with E-state index in [0.29, 0.717) is 28.5 Å². The Morgan fingerprint density at radius 1 is 1.25 bits per heavy atom. The third-order valence-electron chi connectivity index (χ3n) is 3.00. The molecule has 0 aliphatic carbocycles. The number of hydrogen-bond donors (Lipinski definition) is 2. The van der Waals surface area contributed by atoms with E-state index in [2.05, 4.69) is 10.5 Å². The number of rotatable bonds is 3. The third kappa shape index (κ3) is 2.88. The van der Waals surface area contributed by atoms with Gasteiger partial charge in [-0.15, -0.1) is 0 Å². The molecule has 2 N–H and O–H groups in total. The maximum atomic E-state index is 12.1. The molecule has 2 aromatic rings. The topological polar surface area (TPSA) is 74.8 Å². The molecule has 1 amide bonds. The zero-order valence-electron chi connectivity index (χ0n) is 11.6. The Balaban J connectivity index is 2.14. The Morgan fingerprint density at radius 3 is 2.40 bits per heavy atom. The molecule has 2 rings (SSSR count). The van der Waals surface area contributed by atoms with Gasteiger partial charge in [-0.2, -0.15) is 0 Å². The summed E-state index contributed by atoms with van der Waals surface area (Å²) in [7, 11) is 0. The van der Waals surface area contributed by atoms with Crippen LogP contribution in [0.25, 0.3) is 0 Å². The van der Waals surface area contributed by atoms with Crippen LogP contribution >= 0.6 is 0 Å². The fourth-order valence-corrected chi connectivity index (χ4v) is 1.91. The maximum Gasteiger partial charge on any atom is 0.259 e. The van der Waals surface area contributed by atoms with Crippen LogP contribution in [0.3, 0.4) is 0 Å². The van der Waals surface area contributed by atoms with Crippen LogP contribution in [-0.2, 0) is 0 Å². The highest BCUT2D eigenvalue weighted by Gasteiger charge is 2.13. The van der Waals surface area contributed by atoms with Gasteiger partial charge in [0.2, 0.25) is 0 Å². The lowest BCUT2D eigenvalue weighted by atomic mass is 10.1. The number of furan rings is 1. The van der Waals surface area contributed by atoms with Crippen molar-refractivity contribution in [3.63, 3.8) is 0 Å². The number of benzene rings is 1. The fourth-order valence-electron chi connectivity index (χ4n) is 1.91. The second-order valence-corrected chi connectivity index (χ2v) is 4.54. The van der Waals surface area contributed by atoms with Crippen LogP contribution in [0.15, 0.2) is 39.9 Å². The summed E-state index contributed by atoms with van der Waals surface area (Å²) in [6, 6.07) is 8.77. The van der Waals surface area contributed by atoms with Crippen molar-refractivity contribution in [2.75, 3.05) is 5.32 Å². The standard InChI is InChI=1S/C15H16N2O3/c1-9-8-14(11(3)20-9)15(18)16-13-6-4-12(5-7-13)10(2)17-19/h4-8,19H,1-3H3,(H,16,18)/b17-10+. The van der Waals surface area contributed by atoms with E-state index in [1.54, 1.807) is 51.1 Å². The summed E-state index contributed by atoms with van der Waals surface area (Å²) in [5.74, 6) is 1.09. The average Bonchev–Trinajstić information content (AvgIpc) is 2.78. The molecule has 0 bridgehead atoms. The average molecular weight is 272 g/mol. The molecular weight excluding hydrogens is 256 g/mol. The molecule has 0 saturated heterocycles. The van der Waals surface area contributed by atoms with Gasteiger partial charge in [0, 0.05) is 5.69 Å². The van der Waals surface area contributed by atoms with Crippen molar-refractivity contribution >= 4 is 17.3 Å². The van der Waals surface area contributed by atoms with E-state index in [4.69, 9.17) is 9.62 Å². The first-order valence-corrected chi connectivity index (χ1v) is 6.18. The molecule has 0 aliphatic heterocycles. The number of aryl methyl sites for hydroxylation is 2. The van der Waals surface area contributed by atoms with Crippen LogP contribution in [0.2, 0.25) is 0 Å². The summed E-state index contributed by atoms with van der Waals surface area (Å²) in [5.41, 5.74) is 2.51. The highest BCUT2D eigenvalue weighted by Crippen LogP contribution is 2.17. The Bertz CT molecular complexity index is 654. The second-order valence-electron chi connectivity index (χ2n) is 4.54. The predicted molar refractivity (Wildman–Crippen MR) is 76.6 cm³/mol. The monoisotopic (exact) mass is 272 g/mol. The number of amides is 1. The molecule has 0 saturated carbocycles. The molecule has 1 heterocycles. The van der Waals surface area contributed by atoms with Gasteiger partial charge in [-0.3, -0.25) is 4.79 Å². The van der Waals surface area contributed by atoms with Gasteiger partial charge in [0.25, 0.3) is 5.91 Å². The van der Waals surface area contributed by atoms with Crippen LogP contribution in [0.4, 0.5) is 5.69 Å². The molecule has 5 heteroatoms. The Morgan fingerprint density at radius 2 is 1.90 bits per heavy atom. The predicted octanol–water partition coefficient (Wildman–Crippen LogP) is 3.35. The zero-order valence-corrected chi connectivity index (χ0v) is 11.6. The zero-order chi connectivity index (χ0) is 14.7. The van der Waals surface area contributed by atoms with Gasteiger partial charge >= 0.3 is 0 Å². The van der Waals surface area contributed by atoms with Crippen LogP contribution in [0.5, 0.6) is 0 Å². The van der Waals surface area contributed by atoms with Gasteiger partial charge in [-0.1, -0.05) is 17.3 Å². The lowest BCUT2D eigenvalue weighted by molar-refractivity contribution is 0.102. The van der Waals surface area contributed by atoms with Crippen molar-refractivity contribution in [2.24, 2.45) is 5.16 Å². The van der Waals surface area contributed by atoms with E-state index in [9.17, 15) is 4.79 Å². The molecule has 0 unspecified atom stereocenters. The molecule has 104 valence electrons. The minimum Gasteiger partial charge on any atom is -0.466 e. The van der Waals surface area contributed by atoms with Gasteiger partial charge in [-0.25, -0.2) is 0 Å². The minimum atomic E-state index is -0.209. The van der Waals surface area contributed by atoms with Gasteiger partial charge in [0.05, 0.1) is 11.3 Å². The second kappa shape index (κ2) is 5.61. The first-order chi connectivity index (χ1) is 9.51. The quantitative estimate of drug-likeness (QED) is 0.511. The van der Waals surface area contributed by atoms with E-state index in [-0.39, 0.29) is 5.91 Å². The summed E-state index contributed by atoms with van der Waals surface area (Å²) in [6.07, 6.45) is 0. The van der Waals surface area contributed by atoms with Crippen molar-refractivity contribution in [2.45, 2.75) is 20.8 Å². The van der Waals surface area contributed by atoms with Gasteiger partial charge < -0.3 is 14.9 Å². The highest BCUT2D eigenvalue weighted by molar-refractivity contribution is 6.05. The summed E-state index contributed by atoms with van der Waals surface area (Å²) >= 11 is 0. The van der Waals surface area contributed by atoms with Crippen molar-refractivity contribution in [3.05, 3.63) is 53.0 Å². The van der Waals surface area contributed by atoms with Gasteiger partial charge in [0.1, 0.15) is 11.5 Å². The van der Waals surface area contributed by atoms with E-state index in [1.807, 2.05) is 0 Å². The van der Waals surface area contributed by atoms with Crippen LogP contribution in [0, 0.1) is 13.8 Å². The van der Waals surface area contributed by atoms with Gasteiger partial charge in [-0.05, 0) is 44.5 Å². The minimum absolute atomic E-state index is 0.209. The van der Waals surface area contributed by atoms with Crippen LogP contribution < -0.4 is 5.32 Å². The van der Waals surface area contributed by atoms with Crippen molar-refractivity contribution in [1.29, 1.82) is 0 Å². The number of anilines is 1. The smallest absolute Gasteiger partial charge is 0.259 e. The van der Waals surface area contributed by atoms with Crippen LogP contribution in [-0.4, -0.2) is 16.8 Å². The molecular formula is C15H16N2O3. The third-order valence-corrected chi connectivity index (χ3v) is 3.00. The summed E-state index contributed by atoms with van der Waals surface area (Å²) in [5, 5.41) is 14.6. The Kier molecular flexibility index (Phi) is 3.89. The molecule has 1 aromatic heterocycles. The largest absolute Gasteiger partial charge is 0.466 e. The first kappa shape index (κ1) is 13.9. The number of nitrogens with one attached hydrogen (secondary N) is 1. The van der Waals surface area contributed by atoms with E-state index in [0.717, 1.165) is 5.56 Å². The summed E-state index contributed by atoms with van der Waals surface area (Å²) in [6.45, 7) is 5.26.